The molecule has 178 valence electrons. The number of carbonyl (C=O) groups excluding carboxylic acids is 2. The first kappa shape index (κ1) is 24.8. The number of ether oxygens (including phenoxy) is 2. The summed E-state index contributed by atoms with van der Waals surface area (Å²) >= 11 is 0. The third-order valence-corrected chi connectivity index (χ3v) is 6.90. The molecule has 0 aromatic heterocycles. The summed E-state index contributed by atoms with van der Waals surface area (Å²) in [5.41, 5.74) is 2.34. The molecule has 1 N–H and O–H groups in total. The van der Waals surface area contributed by atoms with Gasteiger partial charge in [-0.15, -0.1) is 0 Å². The van der Waals surface area contributed by atoms with E-state index in [2.05, 4.69) is 5.32 Å². The Morgan fingerprint density at radius 2 is 1.56 bits per heavy atom. The minimum Gasteiger partial charge on any atom is -0.495 e. The van der Waals surface area contributed by atoms with Crippen molar-refractivity contribution in [3.63, 3.8) is 0 Å². The lowest BCUT2D eigenvalue weighted by molar-refractivity contribution is -0.114. The molecular weight excluding hydrogens is 456 g/mol. The quantitative estimate of drug-likeness (QED) is 0.488. The number of aryl methyl sites for hydroxylation is 2. The molecule has 8 nitrogen and oxygen atoms in total. The summed E-state index contributed by atoms with van der Waals surface area (Å²) in [4.78, 5) is 25.0. The van der Waals surface area contributed by atoms with Gasteiger partial charge in [0.2, 0.25) is 5.91 Å². The van der Waals surface area contributed by atoms with Crippen LogP contribution in [0, 0.1) is 13.8 Å². The Hall–Kier alpha value is -3.85. The van der Waals surface area contributed by atoms with E-state index in [1.165, 1.54) is 26.4 Å². The van der Waals surface area contributed by atoms with Gasteiger partial charge < -0.3 is 14.8 Å². The zero-order chi connectivity index (χ0) is 24.9. The van der Waals surface area contributed by atoms with Crippen LogP contribution in [0.4, 0.5) is 11.4 Å². The molecule has 0 aliphatic carbocycles. The first-order chi connectivity index (χ1) is 16.2. The van der Waals surface area contributed by atoms with Gasteiger partial charge in [-0.2, -0.15) is 0 Å². The SMILES string of the molecule is COC(=O)c1ccccc1NC(=O)CN(c1ccc(C)cc1)S(=O)(=O)c1cc(C)ccc1OC. The van der Waals surface area contributed by atoms with Crippen molar-refractivity contribution in [3.05, 3.63) is 83.4 Å². The van der Waals surface area contributed by atoms with Gasteiger partial charge in [-0.1, -0.05) is 35.9 Å². The highest BCUT2D eigenvalue weighted by Crippen LogP contribution is 2.31. The predicted octanol–water partition coefficient (Wildman–Crippen LogP) is 3.93. The summed E-state index contributed by atoms with van der Waals surface area (Å²) in [5.74, 6) is -1.09. The number of esters is 1. The lowest BCUT2D eigenvalue weighted by Gasteiger charge is -2.25. The van der Waals surface area contributed by atoms with Crippen molar-refractivity contribution in [1.29, 1.82) is 0 Å². The summed E-state index contributed by atoms with van der Waals surface area (Å²) in [6.07, 6.45) is 0. The Kier molecular flexibility index (Phi) is 7.57. The summed E-state index contributed by atoms with van der Waals surface area (Å²) in [7, 11) is -1.57. The Bertz CT molecular complexity index is 1300. The van der Waals surface area contributed by atoms with Gasteiger partial charge in [0, 0.05) is 0 Å². The van der Waals surface area contributed by atoms with Gasteiger partial charge in [0.05, 0.1) is 31.2 Å². The van der Waals surface area contributed by atoms with Gasteiger partial charge in [0.1, 0.15) is 17.2 Å². The Balaban J connectivity index is 2.02. The molecule has 0 atom stereocenters. The van der Waals surface area contributed by atoms with Crippen molar-refractivity contribution >= 4 is 33.3 Å². The zero-order valence-electron chi connectivity index (χ0n) is 19.4. The smallest absolute Gasteiger partial charge is 0.339 e. The number of hydrogen-bond donors (Lipinski definition) is 1. The highest BCUT2D eigenvalue weighted by molar-refractivity contribution is 7.93. The Labute approximate surface area is 199 Å². The average Bonchev–Trinajstić information content (AvgIpc) is 2.83. The second-order valence-electron chi connectivity index (χ2n) is 7.59. The molecule has 3 aromatic carbocycles. The monoisotopic (exact) mass is 482 g/mol. The van der Waals surface area contributed by atoms with Crippen LogP contribution in [0.1, 0.15) is 21.5 Å². The van der Waals surface area contributed by atoms with Crippen LogP contribution in [0.3, 0.4) is 0 Å². The van der Waals surface area contributed by atoms with Crippen LogP contribution in [0.15, 0.2) is 71.6 Å². The molecule has 0 aliphatic rings. The molecule has 0 unspecified atom stereocenters. The van der Waals surface area contributed by atoms with Crippen LogP contribution in [0.25, 0.3) is 0 Å². The van der Waals surface area contributed by atoms with Crippen molar-refractivity contribution in [2.45, 2.75) is 18.7 Å². The van der Waals surface area contributed by atoms with Crippen LogP contribution < -0.4 is 14.4 Å². The lowest BCUT2D eigenvalue weighted by Crippen LogP contribution is -2.38. The standard InChI is InChI=1S/C25H26N2O6S/c1-17-9-12-19(13-10-17)27(34(30,31)23-15-18(2)11-14-22(23)32-3)16-24(28)26-21-8-6-5-7-20(21)25(29)33-4/h5-15H,16H2,1-4H3,(H,26,28). The molecule has 0 saturated heterocycles. The van der Waals surface area contributed by atoms with E-state index < -0.39 is 28.4 Å². The number of benzene rings is 3. The molecule has 0 fully saturated rings. The molecule has 0 heterocycles. The maximum absolute atomic E-state index is 13.8. The van der Waals surface area contributed by atoms with Crippen molar-refractivity contribution in [1.82, 2.24) is 0 Å². The van der Waals surface area contributed by atoms with Crippen LogP contribution >= 0.6 is 0 Å². The number of anilines is 2. The van der Waals surface area contributed by atoms with E-state index in [-0.39, 0.29) is 21.9 Å². The molecule has 0 bridgehead atoms. The largest absolute Gasteiger partial charge is 0.495 e. The van der Waals surface area contributed by atoms with Gasteiger partial charge >= 0.3 is 5.97 Å². The van der Waals surface area contributed by atoms with Crippen molar-refractivity contribution < 1.29 is 27.5 Å². The molecule has 9 heteroatoms. The minimum absolute atomic E-state index is 0.0571. The Morgan fingerprint density at radius 1 is 0.912 bits per heavy atom. The van der Waals surface area contributed by atoms with Gasteiger partial charge in [0.25, 0.3) is 10.0 Å². The van der Waals surface area contributed by atoms with Gasteiger partial charge in [-0.3, -0.25) is 9.10 Å². The van der Waals surface area contributed by atoms with Gasteiger partial charge in [-0.25, -0.2) is 13.2 Å². The molecule has 0 saturated carbocycles. The number of rotatable bonds is 8. The topological polar surface area (TPSA) is 102 Å². The van der Waals surface area contributed by atoms with Gasteiger partial charge in [-0.05, 0) is 55.8 Å². The third kappa shape index (κ3) is 5.37. The molecule has 0 aliphatic heterocycles. The molecule has 3 rings (SSSR count). The maximum Gasteiger partial charge on any atom is 0.339 e. The number of hydrogen-bond acceptors (Lipinski definition) is 6. The maximum atomic E-state index is 13.8. The van der Waals surface area contributed by atoms with Crippen LogP contribution in [0.2, 0.25) is 0 Å². The van der Waals surface area contributed by atoms with E-state index >= 15 is 0 Å². The van der Waals surface area contributed by atoms with Crippen LogP contribution in [-0.4, -0.2) is 41.1 Å². The second-order valence-corrected chi connectivity index (χ2v) is 9.42. The van der Waals surface area contributed by atoms with Gasteiger partial charge in [0.15, 0.2) is 0 Å². The van der Waals surface area contributed by atoms with E-state index in [0.717, 1.165) is 15.4 Å². The van der Waals surface area contributed by atoms with Crippen molar-refractivity contribution in [2.24, 2.45) is 0 Å². The number of sulfonamides is 1. The summed E-state index contributed by atoms with van der Waals surface area (Å²) < 4.78 is 38.6. The fourth-order valence-corrected chi connectivity index (χ4v) is 4.99. The van der Waals surface area contributed by atoms with E-state index in [9.17, 15) is 18.0 Å². The predicted molar refractivity (Wildman–Crippen MR) is 130 cm³/mol. The Morgan fingerprint density at radius 3 is 2.21 bits per heavy atom. The minimum atomic E-state index is -4.19. The van der Waals surface area contributed by atoms with E-state index in [1.54, 1.807) is 61.5 Å². The van der Waals surface area contributed by atoms with Crippen LogP contribution in [0.5, 0.6) is 5.75 Å². The van der Waals surface area contributed by atoms with E-state index in [0.29, 0.717) is 5.69 Å². The molecule has 34 heavy (non-hydrogen) atoms. The number of nitrogens with zero attached hydrogens (tertiary/aromatic N) is 1. The average molecular weight is 483 g/mol. The number of para-hydroxylation sites is 1. The normalized spacial score (nSPS) is 10.9. The van der Waals surface area contributed by atoms with Crippen LogP contribution in [-0.2, 0) is 19.6 Å². The number of nitrogens with one attached hydrogen (secondary N) is 1. The molecular formula is C25H26N2O6S. The third-order valence-electron chi connectivity index (χ3n) is 5.10. The molecule has 3 aromatic rings. The fourth-order valence-electron chi connectivity index (χ4n) is 3.33. The highest BCUT2D eigenvalue weighted by atomic mass is 32.2. The summed E-state index contributed by atoms with van der Waals surface area (Å²) in [5, 5.41) is 2.62. The lowest BCUT2D eigenvalue weighted by atomic mass is 10.2. The van der Waals surface area contributed by atoms with E-state index in [1.807, 2.05) is 6.92 Å². The van der Waals surface area contributed by atoms with Crippen molar-refractivity contribution in [2.75, 3.05) is 30.4 Å². The first-order valence-electron chi connectivity index (χ1n) is 10.4. The number of amides is 1. The zero-order valence-corrected chi connectivity index (χ0v) is 20.2. The first-order valence-corrected chi connectivity index (χ1v) is 11.8. The summed E-state index contributed by atoms with van der Waals surface area (Å²) in [6, 6.07) is 17.9. The number of methoxy groups -OCH3 is 2. The second kappa shape index (κ2) is 10.4. The fraction of sp³-hybridized carbons (Fsp3) is 0.200. The summed E-state index contributed by atoms with van der Waals surface area (Å²) in [6.45, 7) is 3.12. The molecule has 0 spiro atoms. The number of carbonyl (C=O) groups is 2. The molecule has 0 radical (unpaired) electrons. The van der Waals surface area contributed by atoms with Crippen molar-refractivity contribution in [3.8, 4) is 5.75 Å². The van der Waals surface area contributed by atoms with E-state index in [4.69, 9.17) is 9.47 Å². The highest BCUT2D eigenvalue weighted by Gasteiger charge is 2.30. The molecule has 1 amide bonds.